The number of carboxylic acids is 1. The van der Waals surface area contributed by atoms with Gasteiger partial charge in [0.05, 0.1) is 0 Å². The van der Waals surface area contributed by atoms with E-state index in [1.54, 1.807) is 36.4 Å². The Balaban J connectivity index is 2.06. The molecule has 0 heterocycles. The van der Waals surface area contributed by atoms with Crippen LogP contribution in [0, 0.1) is 0 Å². The predicted molar refractivity (Wildman–Crippen MR) is 80.4 cm³/mol. The summed E-state index contributed by atoms with van der Waals surface area (Å²) in [5.41, 5.74) is 1.41. The quantitative estimate of drug-likeness (QED) is 0.828. The molecule has 0 aliphatic rings. The van der Waals surface area contributed by atoms with E-state index in [-0.39, 0.29) is 0 Å². The van der Waals surface area contributed by atoms with Gasteiger partial charge in [-0.25, -0.2) is 4.79 Å². The van der Waals surface area contributed by atoms with E-state index in [1.807, 2.05) is 30.3 Å². The zero-order valence-electron chi connectivity index (χ0n) is 11.3. The van der Waals surface area contributed by atoms with E-state index in [2.05, 4.69) is 5.32 Å². The summed E-state index contributed by atoms with van der Waals surface area (Å²) in [6.45, 7) is 0. The van der Waals surface area contributed by atoms with Gasteiger partial charge in [-0.2, -0.15) is 0 Å². The number of rotatable bonds is 5. The van der Waals surface area contributed by atoms with Crippen molar-refractivity contribution in [1.29, 1.82) is 0 Å². The van der Waals surface area contributed by atoms with Crippen molar-refractivity contribution in [2.45, 2.75) is 6.04 Å². The van der Waals surface area contributed by atoms with Crippen LogP contribution in [0.25, 0.3) is 6.08 Å². The van der Waals surface area contributed by atoms with Crippen LogP contribution >= 0.6 is 0 Å². The minimum atomic E-state index is -1.09. The fourth-order valence-corrected chi connectivity index (χ4v) is 1.86. The Morgan fingerprint density at radius 2 is 1.52 bits per heavy atom. The summed E-state index contributed by atoms with van der Waals surface area (Å²) in [4.78, 5) is 23.1. The maximum absolute atomic E-state index is 11.8. The van der Waals surface area contributed by atoms with E-state index in [9.17, 15) is 14.7 Å². The molecule has 4 heteroatoms. The lowest BCUT2D eigenvalue weighted by atomic mass is 10.1. The Morgan fingerprint density at radius 3 is 2.10 bits per heavy atom. The van der Waals surface area contributed by atoms with Gasteiger partial charge < -0.3 is 10.4 Å². The van der Waals surface area contributed by atoms with Crippen LogP contribution in [0.15, 0.2) is 66.7 Å². The van der Waals surface area contributed by atoms with Crippen LogP contribution < -0.4 is 5.32 Å². The van der Waals surface area contributed by atoms with Gasteiger partial charge in [0.2, 0.25) is 5.91 Å². The molecule has 4 nitrogen and oxygen atoms in total. The second kappa shape index (κ2) is 7.05. The van der Waals surface area contributed by atoms with Crippen LogP contribution in [0.3, 0.4) is 0 Å². The summed E-state index contributed by atoms with van der Waals surface area (Å²) < 4.78 is 0. The molecule has 1 amide bonds. The summed E-state index contributed by atoms with van der Waals surface area (Å²) in [6.07, 6.45) is 2.97. The SMILES string of the molecule is O=C(/C=C/c1ccccc1)N[C@H](C(=O)O)c1ccccc1. The van der Waals surface area contributed by atoms with Gasteiger partial charge in [-0.1, -0.05) is 60.7 Å². The van der Waals surface area contributed by atoms with E-state index in [0.29, 0.717) is 5.56 Å². The lowest BCUT2D eigenvalue weighted by molar-refractivity contribution is -0.141. The first-order valence-electron chi connectivity index (χ1n) is 6.48. The third-order valence-electron chi connectivity index (χ3n) is 2.89. The predicted octanol–water partition coefficient (Wildman–Crippen LogP) is 2.64. The highest BCUT2D eigenvalue weighted by Crippen LogP contribution is 2.12. The summed E-state index contributed by atoms with van der Waals surface area (Å²) in [7, 11) is 0. The van der Waals surface area contributed by atoms with Gasteiger partial charge >= 0.3 is 5.97 Å². The Labute approximate surface area is 122 Å². The van der Waals surface area contributed by atoms with Crippen LogP contribution in [0.2, 0.25) is 0 Å². The number of carbonyl (C=O) groups is 2. The first-order valence-corrected chi connectivity index (χ1v) is 6.48. The molecule has 2 N–H and O–H groups in total. The Morgan fingerprint density at radius 1 is 0.952 bits per heavy atom. The van der Waals surface area contributed by atoms with E-state index >= 15 is 0 Å². The summed E-state index contributed by atoms with van der Waals surface area (Å²) in [5.74, 6) is -1.54. The molecule has 0 radical (unpaired) electrons. The largest absolute Gasteiger partial charge is 0.479 e. The molecule has 0 aromatic heterocycles. The molecule has 2 aromatic carbocycles. The van der Waals surface area contributed by atoms with Crippen LogP contribution in [0.5, 0.6) is 0 Å². The molecule has 0 aliphatic carbocycles. The minimum absolute atomic E-state index is 0.449. The molecular formula is C17H15NO3. The van der Waals surface area contributed by atoms with Gasteiger partial charge in [0.25, 0.3) is 0 Å². The number of hydrogen-bond donors (Lipinski definition) is 2. The number of nitrogens with one attached hydrogen (secondary N) is 1. The van der Waals surface area contributed by atoms with Gasteiger partial charge in [0.1, 0.15) is 0 Å². The average Bonchev–Trinajstić information content (AvgIpc) is 2.52. The molecule has 0 bridgehead atoms. The molecule has 1 atom stereocenters. The van der Waals surface area contributed by atoms with Crippen LogP contribution in [0.1, 0.15) is 17.2 Å². The lowest BCUT2D eigenvalue weighted by Crippen LogP contribution is -2.32. The topological polar surface area (TPSA) is 66.4 Å². The molecule has 2 rings (SSSR count). The standard InChI is InChI=1S/C17H15NO3/c19-15(12-11-13-7-3-1-4-8-13)18-16(17(20)21)14-9-5-2-6-10-14/h1-12,16H,(H,18,19)(H,20,21)/b12-11+/t16-/m0/s1. The molecule has 0 aliphatic heterocycles. The van der Waals surface area contributed by atoms with E-state index in [4.69, 9.17) is 0 Å². The summed E-state index contributed by atoms with van der Waals surface area (Å²) in [5, 5.41) is 11.7. The average molecular weight is 281 g/mol. The number of amides is 1. The number of aliphatic carboxylic acids is 1. The highest BCUT2D eigenvalue weighted by Gasteiger charge is 2.20. The van der Waals surface area contributed by atoms with Crippen molar-refractivity contribution >= 4 is 18.0 Å². The highest BCUT2D eigenvalue weighted by atomic mass is 16.4. The van der Waals surface area contributed by atoms with Gasteiger partial charge in [-0.05, 0) is 17.2 Å². The third-order valence-corrected chi connectivity index (χ3v) is 2.89. The maximum atomic E-state index is 11.8. The van der Waals surface area contributed by atoms with Crippen molar-refractivity contribution in [2.24, 2.45) is 0 Å². The smallest absolute Gasteiger partial charge is 0.330 e. The zero-order chi connectivity index (χ0) is 15.1. The number of carboxylic acid groups (broad SMARTS) is 1. The molecular weight excluding hydrogens is 266 g/mol. The second-order valence-corrected chi connectivity index (χ2v) is 4.43. The molecule has 0 saturated heterocycles. The van der Waals surface area contributed by atoms with Crippen molar-refractivity contribution in [3.8, 4) is 0 Å². The Hall–Kier alpha value is -2.88. The van der Waals surface area contributed by atoms with Crippen LogP contribution in [-0.2, 0) is 9.59 Å². The van der Waals surface area contributed by atoms with Gasteiger partial charge in [0.15, 0.2) is 6.04 Å². The van der Waals surface area contributed by atoms with Gasteiger partial charge in [-0.3, -0.25) is 4.79 Å². The highest BCUT2D eigenvalue weighted by molar-refractivity contribution is 5.94. The van der Waals surface area contributed by atoms with Crippen LogP contribution in [-0.4, -0.2) is 17.0 Å². The molecule has 0 fully saturated rings. The van der Waals surface area contributed by atoms with Gasteiger partial charge in [-0.15, -0.1) is 0 Å². The number of benzene rings is 2. The third kappa shape index (κ3) is 4.31. The number of carbonyl (C=O) groups excluding carboxylic acids is 1. The Kier molecular flexibility index (Phi) is 4.88. The van der Waals surface area contributed by atoms with Crippen molar-refractivity contribution in [3.05, 3.63) is 77.9 Å². The molecule has 2 aromatic rings. The van der Waals surface area contributed by atoms with Gasteiger partial charge in [0, 0.05) is 6.08 Å². The zero-order valence-corrected chi connectivity index (χ0v) is 11.3. The van der Waals surface area contributed by atoms with E-state index in [0.717, 1.165) is 5.56 Å². The van der Waals surface area contributed by atoms with Crippen molar-refractivity contribution in [1.82, 2.24) is 5.32 Å². The first-order chi connectivity index (χ1) is 10.2. The fraction of sp³-hybridized carbons (Fsp3) is 0.0588. The molecule has 106 valence electrons. The molecule has 21 heavy (non-hydrogen) atoms. The van der Waals surface area contributed by atoms with Crippen molar-refractivity contribution in [2.75, 3.05) is 0 Å². The normalized spacial score (nSPS) is 12.0. The Bertz CT molecular complexity index is 636. The summed E-state index contributed by atoms with van der Waals surface area (Å²) in [6, 6.07) is 16.9. The maximum Gasteiger partial charge on any atom is 0.330 e. The second-order valence-electron chi connectivity index (χ2n) is 4.43. The molecule has 0 unspecified atom stereocenters. The fourth-order valence-electron chi connectivity index (χ4n) is 1.86. The molecule has 0 spiro atoms. The first kappa shape index (κ1) is 14.5. The summed E-state index contributed by atoms with van der Waals surface area (Å²) >= 11 is 0. The van der Waals surface area contributed by atoms with Crippen LogP contribution in [0.4, 0.5) is 0 Å². The monoisotopic (exact) mass is 281 g/mol. The van der Waals surface area contributed by atoms with E-state index in [1.165, 1.54) is 6.08 Å². The van der Waals surface area contributed by atoms with Crippen molar-refractivity contribution in [3.63, 3.8) is 0 Å². The number of hydrogen-bond acceptors (Lipinski definition) is 2. The lowest BCUT2D eigenvalue weighted by Gasteiger charge is -2.13. The van der Waals surface area contributed by atoms with Crippen molar-refractivity contribution < 1.29 is 14.7 Å². The minimum Gasteiger partial charge on any atom is -0.479 e. The van der Waals surface area contributed by atoms with E-state index < -0.39 is 17.9 Å². The molecule has 0 saturated carbocycles.